The molecule has 20 heavy (non-hydrogen) atoms. The lowest BCUT2D eigenvalue weighted by molar-refractivity contribution is -0.133. The maximum absolute atomic E-state index is 11.9. The van der Waals surface area contributed by atoms with Crippen molar-refractivity contribution in [3.63, 3.8) is 0 Å². The van der Waals surface area contributed by atoms with Gasteiger partial charge in [-0.1, -0.05) is 24.3 Å². The second kappa shape index (κ2) is 4.74. The monoisotopic (exact) mass is 268 g/mol. The summed E-state index contributed by atoms with van der Waals surface area (Å²) < 4.78 is 5.11. The molecule has 3 rings (SSSR count). The summed E-state index contributed by atoms with van der Waals surface area (Å²) in [6.45, 7) is 0.208. The van der Waals surface area contributed by atoms with E-state index in [9.17, 15) is 15.0 Å². The molecule has 0 aromatic heterocycles. The predicted octanol–water partition coefficient (Wildman–Crippen LogP) is 2.57. The van der Waals surface area contributed by atoms with Crippen molar-refractivity contribution in [2.75, 3.05) is 6.61 Å². The maximum atomic E-state index is 11.9. The Morgan fingerprint density at radius 2 is 1.30 bits per heavy atom. The molecule has 1 heterocycles. The van der Waals surface area contributed by atoms with Crippen LogP contribution in [-0.2, 0) is 9.53 Å². The number of benzene rings is 2. The molecule has 0 amide bonds. The van der Waals surface area contributed by atoms with E-state index in [1.54, 1.807) is 36.4 Å². The fourth-order valence-corrected chi connectivity index (χ4v) is 2.22. The van der Waals surface area contributed by atoms with Gasteiger partial charge in [-0.2, -0.15) is 0 Å². The minimum Gasteiger partial charge on any atom is -0.508 e. The van der Waals surface area contributed by atoms with Crippen LogP contribution in [0.25, 0.3) is 11.1 Å². The van der Waals surface area contributed by atoms with Gasteiger partial charge < -0.3 is 14.9 Å². The molecular weight excluding hydrogens is 256 g/mol. The molecule has 0 saturated carbocycles. The van der Waals surface area contributed by atoms with E-state index in [-0.39, 0.29) is 24.1 Å². The molecule has 0 saturated heterocycles. The number of aromatic hydroxyl groups is 2. The number of carbonyl (C=O) groups excluding carboxylic acids is 1. The molecule has 0 radical (unpaired) electrons. The lowest BCUT2D eigenvalue weighted by Gasteiger charge is -2.05. The van der Waals surface area contributed by atoms with Crippen LogP contribution < -0.4 is 0 Å². The summed E-state index contributed by atoms with van der Waals surface area (Å²) in [7, 11) is 0. The third kappa shape index (κ3) is 2.12. The number of rotatable bonds is 2. The van der Waals surface area contributed by atoms with Crippen molar-refractivity contribution < 1.29 is 19.7 Å². The highest BCUT2D eigenvalue weighted by Gasteiger charge is 2.27. The lowest BCUT2D eigenvalue weighted by atomic mass is 9.96. The van der Waals surface area contributed by atoms with Gasteiger partial charge in [0.2, 0.25) is 0 Å². The summed E-state index contributed by atoms with van der Waals surface area (Å²) in [5.74, 6) is -0.0589. The molecule has 0 unspecified atom stereocenters. The van der Waals surface area contributed by atoms with Gasteiger partial charge >= 0.3 is 5.97 Å². The van der Waals surface area contributed by atoms with E-state index < -0.39 is 0 Å². The molecule has 2 N–H and O–H groups in total. The molecule has 0 fully saturated rings. The minimum absolute atomic E-state index is 0.145. The minimum atomic E-state index is -0.376. The first-order chi connectivity index (χ1) is 9.65. The number of ether oxygens (including phenoxy) is 1. The fourth-order valence-electron chi connectivity index (χ4n) is 2.22. The van der Waals surface area contributed by atoms with Crippen molar-refractivity contribution in [1.82, 2.24) is 0 Å². The summed E-state index contributed by atoms with van der Waals surface area (Å²) in [5, 5.41) is 18.6. The molecule has 1 aliphatic heterocycles. The van der Waals surface area contributed by atoms with Crippen molar-refractivity contribution in [3.8, 4) is 11.5 Å². The van der Waals surface area contributed by atoms with Crippen LogP contribution in [0.5, 0.6) is 11.5 Å². The fraction of sp³-hybridized carbons (Fsp3) is 0.0625. The van der Waals surface area contributed by atoms with Crippen LogP contribution in [0.4, 0.5) is 0 Å². The molecule has 4 heteroatoms. The van der Waals surface area contributed by atoms with Crippen LogP contribution in [0.2, 0.25) is 0 Å². The van der Waals surface area contributed by atoms with Gasteiger partial charge in [0, 0.05) is 5.57 Å². The van der Waals surface area contributed by atoms with Gasteiger partial charge in [0.05, 0.1) is 5.57 Å². The Morgan fingerprint density at radius 1 is 0.800 bits per heavy atom. The van der Waals surface area contributed by atoms with E-state index in [2.05, 4.69) is 0 Å². The molecule has 2 aromatic carbocycles. The molecule has 0 atom stereocenters. The van der Waals surface area contributed by atoms with Crippen LogP contribution in [0, 0.1) is 0 Å². The van der Waals surface area contributed by atoms with E-state index in [4.69, 9.17) is 4.74 Å². The normalized spacial score (nSPS) is 14.5. The largest absolute Gasteiger partial charge is 0.508 e. The van der Waals surface area contributed by atoms with Crippen LogP contribution in [-0.4, -0.2) is 22.8 Å². The Balaban J connectivity index is 2.12. The van der Waals surface area contributed by atoms with Gasteiger partial charge in [0.25, 0.3) is 0 Å². The summed E-state index contributed by atoms with van der Waals surface area (Å²) in [5.41, 5.74) is 2.81. The van der Waals surface area contributed by atoms with Crippen LogP contribution in [0.3, 0.4) is 0 Å². The summed E-state index contributed by atoms with van der Waals surface area (Å²) >= 11 is 0. The van der Waals surface area contributed by atoms with Gasteiger partial charge in [0.1, 0.15) is 18.1 Å². The average molecular weight is 268 g/mol. The standard InChI is InChI=1S/C16H12O4/c17-12-5-1-10(2-6-12)14-9-20-16(19)15(14)11-3-7-13(18)8-4-11/h1-8,17-18H,9H2. The zero-order valence-electron chi connectivity index (χ0n) is 10.5. The third-order valence-corrected chi connectivity index (χ3v) is 3.23. The van der Waals surface area contributed by atoms with Crippen LogP contribution in [0.15, 0.2) is 48.5 Å². The number of phenols is 2. The first-order valence-electron chi connectivity index (χ1n) is 6.14. The number of phenolic OH excluding ortho intramolecular Hbond substituents is 2. The molecule has 0 spiro atoms. The average Bonchev–Trinajstić information content (AvgIpc) is 2.83. The van der Waals surface area contributed by atoms with Crippen LogP contribution in [0.1, 0.15) is 11.1 Å². The van der Waals surface area contributed by atoms with Gasteiger partial charge in [-0.05, 0) is 35.4 Å². The highest BCUT2D eigenvalue weighted by molar-refractivity contribution is 6.27. The van der Waals surface area contributed by atoms with Crippen molar-refractivity contribution in [3.05, 3.63) is 59.7 Å². The number of cyclic esters (lactones) is 1. The number of esters is 1. The molecule has 0 bridgehead atoms. The summed E-state index contributed by atoms with van der Waals surface area (Å²) in [6.07, 6.45) is 0. The quantitative estimate of drug-likeness (QED) is 0.821. The van der Waals surface area contributed by atoms with E-state index in [0.29, 0.717) is 11.1 Å². The molecule has 0 aliphatic carbocycles. The zero-order valence-corrected chi connectivity index (χ0v) is 10.5. The summed E-state index contributed by atoms with van der Waals surface area (Å²) in [4.78, 5) is 11.9. The SMILES string of the molecule is O=C1OCC(c2ccc(O)cc2)=C1c1ccc(O)cc1. The van der Waals surface area contributed by atoms with Gasteiger partial charge in [-0.15, -0.1) is 0 Å². The Labute approximate surface area is 115 Å². The Hall–Kier alpha value is -2.75. The van der Waals surface area contributed by atoms with E-state index >= 15 is 0 Å². The number of carbonyl (C=O) groups is 1. The second-order valence-corrected chi connectivity index (χ2v) is 4.52. The molecule has 4 nitrogen and oxygen atoms in total. The van der Waals surface area contributed by atoms with Gasteiger partial charge in [-0.25, -0.2) is 4.79 Å². The predicted molar refractivity (Wildman–Crippen MR) is 74.0 cm³/mol. The molecule has 100 valence electrons. The first-order valence-corrected chi connectivity index (χ1v) is 6.14. The van der Waals surface area contributed by atoms with Gasteiger partial charge in [-0.3, -0.25) is 0 Å². The van der Waals surface area contributed by atoms with Crippen molar-refractivity contribution in [2.24, 2.45) is 0 Å². The van der Waals surface area contributed by atoms with E-state index in [0.717, 1.165) is 11.1 Å². The first kappa shape index (κ1) is 12.3. The highest BCUT2D eigenvalue weighted by Crippen LogP contribution is 2.33. The maximum Gasteiger partial charge on any atom is 0.339 e. The molecule has 2 aromatic rings. The van der Waals surface area contributed by atoms with Crippen molar-refractivity contribution in [2.45, 2.75) is 0 Å². The van der Waals surface area contributed by atoms with Crippen molar-refractivity contribution >= 4 is 17.1 Å². The number of hydrogen-bond donors (Lipinski definition) is 2. The Bertz CT molecular complexity index is 681. The van der Waals surface area contributed by atoms with Crippen molar-refractivity contribution in [1.29, 1.82) is 0 Å². The number of hydrogen-bond acceptors (Lipinski definition) is 4. The smallest absolute Gasteiger partial charge is 0.339 e. The Kier molecular flexibility index (Phi) is 2.91. The van der Waals surface area contributed by atoms with Crippen LogP contribution >= 0.6 is 0 Å². The third-order valence-electron chi connectivity index (χ3n) is 3.23. The highest BCUT2D eigenvalue weighted by atomic mass is 16.5. The van der Waals surface area contributed by atoms with Gasteiger partial charge in [0.15, 0.2) is 0 Å². The molecular formula is C16H12O4. The van der Waals surface area contributed by atoms with E-state index in [1.807, 2.05) is 0 Å². The zero-order chi connectivity index (χ0) is 14.1. The summed E-state index contributed by atoms with van der Waals surface area (Å²) in [6, 6.07) is 13.0. The lowest BCUT2D eigenvalue weighted by Crippen LogP contribution is -1.98. The molecule has 1 aliphatic rings. The second-order valence-electron chi connectivity index (χ2n) is 4.52. The topological polar surface area (TPSA) is 66.8 Å². The Morgan fingerprint density at radius 3 is 1.85 bits per heavy atom. The van der Waals surface area contributed by atoms with E-state index in [1.165, 1.54) is 12.1 Å².